The number of rotatable bonds is 4. The number of nitro groups is 1. The molecule has 0 aromatic heterocycles. The number of hydrogen-bond donors (Lipinski definition) is 1. The van der Waals surface area contributed by atoms with Crippen molar-refractivity contribution >= 4 is 21.6 Å². The van der Waals surface area contributed by atoms with Crippen LogP contribution >= 0.6 is 15.9 Å². The Morgan fingerprint density at radius 3 is 2.61 bits per heavy atom. The lowest BCUT2D eigenvalue weighted by Gasteiger charge is -2.15. The number of nitro benzene ring substituents is 1. The van der Waals surface area contributed by atoms with Gasteiger partial charge in [0.1, 0.15) is 6.07 Å². The average Bonchev–Trinajstić information content (AvgIpc) is 2.29. The van der Waals surface area contributed by atoms with Crippen molar-refractivity contribution in [1.82, 2.24) is 0 Å². The zero-order valence-electron chi connectivity index (χ0n) is 9.75. The molecule has 1 unspecified atom stereocenters. The smallest absolute Gasteiger partial charge is 0.312 e. The predicted octanol–water partition coefficient (Wildman–Crippen LogP) is 2.70. The van der Waals surface area contributed by atoms with Crippen LogP contribution in [0, 0.1) is 21.4 Å². The van der Waals surface area contributed by atoms with Gasteiger partial charge < -0.3 is 9.84 Å². The lowest BCUT2D eigenvalue weighted by molar-refractivity contribution is -0.386. The molecule has 0 spiro atoms. The SMILES string of the molecule is CC(C#N)Oc1c([C@H](C)O)cc(Br)cc1[N+](=O)[O-]. The van der Waals surface area contributed by atoms with Crippen molar-refractivity contribution < 1.29 is 14.8 Å². The molecule has 6 nitrogen and oxygen atoms in total. The van der Waals surface area contributed by atoms with Gasteiger partial charge in [-0.2, -0.15) is 5.26 Å². The summed E-state index contributed by atoms with van der Waals surface area (Å²) < 4.78 is 5.68. The minimum atomic E-state index is -0.943. The maximum absolute atomic E-state index is 11.0. The van der Waals surface area contributed by atoms with E-state index in [0.717, 1.165) is 0 Å². The summed E-state index contributed by atoms with van der Waals surface area (Å²) in [6.07, 6.45) is -1.79. The van der Waals surface area contributed by atoms with Crippen molar-refractivity contribution in [3.8, 4) is 11.8 Å². The van der Waals surface area contributed by atoms with Crippen molar-refractivity contribution in [2.24, 2.45) is 0 Å². The second-order valence-electron chi connectivity index (χ2n) is 3.67. The largest absolute Gasteiger partial charge is 0.468 e. The van der Waals surface area contributed by atoms with Crippen LogP contribution in [-0.4, -0.2) is 16.1 Å². The number of benzene rings is 1. The van der Waals surface area contributed by atoms with Crippen LogP contribution in [0.3, 0.4) is 0 Å². The Bertz CT molecular complexity index is 511. The minimum Gasteiger partial charge on any atom is -0.468 e. The van der Waals surface area contributed by atoms with Gasteiger partial charge in [-0.15, -0.1) is 0 Å². The zero-order valence-corrected chi connectivity index (χ0v) is 11.3. The summed E-state index contributed by atoms with van der Waals surface area (Å²) in [5.41, 5.74) is -0.0273. The number of nitrogens with zero attached hydrogens (tertiary/aromatic N) is 2. The molecule has 1 aromatic carbocycles. The summed E-state index contributed by atoms with van der Waals surface area (Å²) in [7, 11) is 0. The van der Waals surface area contributed by atoms with Crippen LogP contribution in [0.2, 0.25) is 0 Å². The van der Waals surface area contributed by atoms with Gasteiger partial charge >= 0.3 is 5.69 Å². The molecule has 0 bridgehead atoms. The van der Waals surface area contributed by atoms with E-state index in [4.69, 9.17) is 10.00 Å². The maximum atomic E-state index is 11.0. The Kier molecular flexibility index (Phi) is 4.64. The first-order chi connectivity index (χ1) is 8.36. The molecule has 0 amide bonds. The average molecular weight is 315 g/mol. The first-order valence-electron chi connectivity index (χ1n) is 5.09. The van der Waals surface area contributed by atoms with Crippen molar-refractivity contribution in [2.75, 3.05) is 0 Å². The third-order valence-electron chi connectivity index (χ3n) is 2.19. The molecule has 0 saturated carbocycles. The molecule has 0 heterocycles. The highest BCUT2D eigenvalue weighted by molar-refractivity contribution is 9.10. The van der Waals surface area contributed by atoms with E-state index in [1.807, 2.05) is 6.07 Å². The zero-order chi connectivity index (χ0) is 13.9. The quantitative estimate of drug-likeness (QED) is 0.680. The molecule has 0 fully saturated rings. The third kappa shape index (κ3) is 3.18. The molecule has 0 radical (unpaired) electrons. The number of halogens is 1. The maximum Gasteiger partial charge on any atom is 0.312 e. The highest BCUT2D eigenvalue weighted by Crippen LogP contribution is 2.38. The number of hydrogen-bond acceptors (Lipinski definition) is 5. The molecule has 18 heavy (non-hydrogen) atoms. The standard InChI is InChI=1S/C11H11BrN2O4/c1-6(5-13)18-11-9(7(2)15)3-8(12)4-10(11)14(16)17/h3-4,6-7,15H,1-2H3/t6?,7-/m0/s1. The van der Waals surface area contributed by atoms with E-state index < -0.39 is 17.1 Å². The van der Waals surface area contributed by atoms with E-state index in [2.05, 4.69) is 15.9 Å². The molecule has 0 aliphatic heterocycles. The second kappa shape index (κ2) is 5.80. The fourth-order valence-electron chi connectivity index (χ4n) is 1.38. The molecular weight excluding hydrogens is 304 g/mol. The van der Waals surface area contributed by atoms with Crippen molar-refractivity contribution in [2.45, 2.75) is 26.1 Å². The van der Waals surface area contributed by atoms with Crippen LogP contribution in [0.5, 0.6) is 5.75 Å². The van der Waals surface area contributed by atoms with Gasteiger partial charge in [0.05, 0.1) is 11.0 Å². The van der Waals surface area contributed by atoms with Gasteiger partial charge in [0, 0.05) is 16.1 Å². The topological polar surface area (TPSA) is 96.4 Å². The van der Waals surface area contributed by atoms with E-state index in [9.17, 15) is 15.2 Å². The van der Waals surface area contributed by atoms with Gasteiger partial charge in [-0.05, 0) is 19.9 Å². The Hall–Kier alpha value is -1.65. The fourth-order valence-corrected chi connectivity index (χ4v) is 1.84. The second-order valence-corrected chi connectivity index (χ2v) is 4.58. The monoisotopic (exact) mass is 314 g/mol. The van der Waals surface area contributed by atoms with E-state index in [1.54, 1.807) is 0 Å². The van der Waals surface area contributed by atoms with Crippen molar-refractivity contribution in [3.63, 3.8) is 0 Å². The number of aliphatic hydroxyl groups is 1. The van der Waals surface area contributed by atoms with Crippen LogP contribution < -0.4 is 4.74 Å². The van der Waals surface area contributed by atoms with Crippen LogP contribution in [-0.2, 0) is 0 Å². The molecule has 0 aliphatic carbocycles. The molecule has 1 rings (SSSR count). The third-order valence-corrected chi connectivity index (χ3v) is 2.64. The highest BCUT2D eigenvalue weighted by Gasteiger charge is 2.24. The van der Waals surface area contributed by atoms with Gasteiger partial charge in [0.25, 0.3) is 0 Å². The van der Waals surface area contributed by atoms with Crippen LogP contribution in [0.4, 0.5) is 5.69 Å². The molecule has 96 valence electrons. The highest BCUT2D eigenvalue weighted by atomic mass is 79.9. The Balaban J connectivity index is 3.42. The number of nitriles is 1. The summed E-state index contributed by atoms with van der Waals surface area (Å²) in [6.45, 7) is 2.94. The number of aliphatic hydroxyl groups excluding tert-OH is 1. The van der Waals surface area contributed by atoms with Crippen molar-refractivity contribution in [1.29, 1.82) is 5.26 Å². The molecule has 2 atom stereocenters. The van der Waals surface area contributed by atoms with Gasteiger partial charge in [0.2, 0.25) is 5.75 Å². The van der Waals surface area contributed by atoms with Gasteiger partial charge in [-0.25, -0.2) is 0 Å². The molecule has 1 aromatic rings. The Morgan fingerprint density at radius 2 is 2.17 bits per heavy atom. The normalized spacial score (nSPS) is 13.5. The van der Waals surface area contributed by atoms with E-state index in [1.165, 1.54) is 26.0 Å². The summed E-state index contributed by atoms with van der Waals surface area (Å²) >= 11 is 3.13. The molecular formula is C11H11BrN2O4. The lowest BCUT2D eigenvalue weighted by Crippen LogP contribution is -2.12. The van der Waals surface area contributed by atoms with E-state index in [0.29, 0.717) is 4.47 Å². The summed E-state index contributed by atoms with van der Waals surface area (Å²) in [6, 6.07) is 4.62. The van der Waals surface area contributed by atoms with E-state index in [-0.39, 0.29) is 17.0 Å². The minimum absolute atomic E-state index is 0.0766. The van der Waals surface area contributed by atoms with Crippen LogP contribution in [0.25, 0.3) is 0 Å². The van der Waals surface area contributed by atoms with Crippen molar-refractivity contribution in [3.05, 3.63) is 32.3 Å². The Labute approximate surface area is 112 Å². The van der Waals surface area contributed by atoms with Gasteiger partial charge in [0.15, 0.2) is 6.10 Å². The van der Waals surface area contributed by atoms with Gasteiger partial charge in [-0.3, -0.25) is 10.1 Å². The first kappa shape index (κ1) is 14.4. The molecule has 0 aliphatic rings. The summed E-state index contributed by atoms with van der Waals surface area (Å²) in [5, 5.41) is 29.3. The van der Waals surface area contributed by atoms with Gasteiger partial charge in [-0.1, -0.05) is 15.9 Å². The first-order valence-corrected chi connectivity index (χ1v) is 5.88. The molecule has 7 heteroatoms. The predicted molar refractivity (Wildman–Crippen MR) is 67.1 cm³/mol. The molecule has 0 saturated heterocycles. The number of ether oxygens (including phenoxy) is 1. The summed E-state index contributed by atoms with van der Waals surface area (Å²) in [4.78, 5) is 10.3. The van der Waals surface area contributed by atoms with Crippen LogP contribution in [0.15, 0.2) is 16.6 Å². The summed E-state index contributed by atoms with van der Waals surface area (Å²) in [5.74, 6) is -0.0766. The Morgan fingerprint density at radius 1 is 1.56 bits per heavy atom. The van der Waals surface area contributed by atoms with Crippen LogP contribution in [0.1, 0.15) is 25.5 Å². The lowest BCUT2D eigenvalue weighted by atomic mass is 10.1. The fraction of sp³-hybridized carbons (Fsp3) is 0.364. The van der Waals surface area contributed by atoms with E-state index >= 15 is 0 Å². The molecule has 1 N–H and O–H groups in total.